The summed E-state index contributed by atoms with van der Waals surface area (Å²) in [6.07, 6.45) is 3.35. The van der Waals surface area contributed by atoms with E-state index >= 15 is 0 Å². The van der Waals surface area contributed by atoms with Crippen molar-refractivity contribution in [2.45, 2.75) is 26.8 Å². The quantitative estimate of drug-likeness (QED) is 0.523. The van der Waals surface area contributed by atoms with E-state index in [-0.39, 0.29) is 11.9 Å². The molecular weight excluding hydrogens is 406 g/mol. The number of allylic oxidation sites excluding steroid dienone is 1. The zero-order valence-electron chi connectivity index (χ0n) is 15.8. The Labute approximate surface area is 167 Å². The summed E-state index contributed by atoms with van der Waals surface area (Å²) in [4.78, 5) is 12.1. The number of amides is 1. The molecule has 1 N–H and O–H groups in total. The number of ether oxygens (including phenoxy) is 1. The van der Waals surface area contributed by atoms with Crippen molar-refractivity contribution in [2.75, 3.05) is 7.11 Å². The molecule has 0 unspecified atom stereocenters. The van der Waals surface area contributed by atoms with Crippen LogP contribution in [0.15, 0.2) is 57.6 Å². The third-order valence-corrected chi connectivity index (χ3v) is 4.78. The van der Waals surface area contributed by atoms with Gasteiger partial charge in [0, 0.05) is 39.2 Å². The van der Waals surface area contributed by atoms with Gasteiger partial charge in [0.25, 0.3) is 0 Å². The Balaban J connectivity index is 2.09. The third kappa shape index (κ3) is 4.25. The predicted octanol–water partition coefficient (Wildman–Crippen LogP) is 5.80. The Hall–Kier alpha value is -2.53. The first-order chi connectivity index (χ1) is 12.9. The Morgan fingerprint density at radius 1 is 1.22 bits per heavy atom. The van der Waals surface area contributed by atoms with Crippen molar-refractivity contribution in [1.82, 2.24) is 5.32 Å². The number of rotatable bonds is 5. The maximum atomic E-state index is 12.1. The number of halogens is 1. The molecule has 0 spiro atoms. The Bertz CT molecular complexity index is 1000. The number of hydrogen-bond acceptors (Lipinski definition) is 3. The molecule has 0 atom stereocenters. The molecule has 0 aliphatic carbocycles. The van der Waals surface area contributed by atoms with E-state index in [0.29, 0.717) is 5.75 Å². The van der Waals surface area contributed by atoms with Crippen LogP contribution in [0.3, 0.4) is 0 Å². The van der Waals surface area contributed by atoms with Gasteiger partial charge in [-0.1, -0.05) is 28.1 Å². The minimum absolute atomic E-state index is 0.0869. The van der Waals surface area contributed by atoms with Crippen molar-refractivity contribution in [3.63, 3.8) is 0 Å². The molecule has 3 aromatic rings. The molecule has 27 heavy (non-hydrogen) atoms. The van der Waals surface area contributed by atoms with Crippen LogP contribution in [0, 0.1) is 0 Å². The summed E-state index contributed by atoms with van der Waals surface area (Å²) < 4.78 is 12.3. The molecule has 0 aliphatic heterocycles. The van der Waals surface area contributed by atoms with Crippen LogP contribution in [0.25, 0.3) is 27.7 Å². The van der Waals surface area contributed by atoms with Gasteiger partial charge in [0.15, 0.2) is 0 Å². The lowest BCUT2D eigenvalue weighted by molar-refractivity contribution is -0.116. The number of hydrogen-bond donors (Lipinski definition) is 1. The van der Waals surface area contributed by atoms with Crippen LogP contribution in [0.2, 0.25) is 0 Å². The van der Waals surface area contributed by atoms with Gasteiger partial charge in [-0.05, 0) is 50.1 Å². The minimum atomic E-state index is -0.120. The van der Waals surface area contributed by atoms with Crippen molar-refractivity contribution in [1.29, 1.82) is 0 Å². The van der Waals surface area contributed by atoms with Gasteiger partial charge in [0.2, 0.25) is 5.91 Å². The third-order valence-electron chi connectivity index (χ3n) is 4.25. The summed E-state index contributed by atoms with van der Waals surface area (Å²) in [6, 6.07) is 12.0. The van der Waals surface area contributed by atoms with Crippen molar-refractivity contribution in [2.24, 2.45) is 0 Å². The first-order valence-electron chi connectivity index (χ1n) is 8.73. The number of benzene rings is 2. The van der Waals surface area contributed by atoms with Gasteiger partial charge < -0.3 is 14.5 Å². The van der Waals surface area contributed by atoms with Gasteiger partial charge in [-0.25, -0.2) is 0 Å². The van der Waals surface area contributed by atoms with Crippen LogP contribution in [0.1, 0.15) is 26.3 Å². The van der Waals surface area contributed by atoms with Gasteiger partial charge in [0.1, 0.15) is 11.3 Å². The van der Waals surface area contributed by atoms with Crippen LogP contribution < -0.4 is 10.1 Å². The largest absolute Gasteiger partial charge is 0.496 e. The lowest BCUT2D eigenvalue weighted by atomic mass is 9.99. The minimum Gasteiger partial charge on any atom is -0.496 e. The fourth-order valence-electron chi connectivity index (χ4n) is 2.99. The highest BCUT2D eigenvalue weighted by molar-refractivity contribution is 9.10. The number of nitrogens with one attached hydrogen (secondary N) is 1. The average Bonchev–Trinajstić information content (AvgIpc) is 3.03. The molecule has 0 fully saturated rings. The smallest absolute Gasteiger partial charge is 0.244 e. The highest BCUT2D eigenvalue weighted by Crippen LogP contribution is 2.37. The summed E-state index contributed by atoms with van der Waals surface area (Å²) in [5.74, 6) is 0.551. The van der Waals surface area contributed by atoms with Gasteiger partial charge in [-0.3, -0.25) is 4.79 Å². The molecule has 5 heteroatoms. The molecule has 0 radical (unpaired) electrons. The number of furan rings is 1. The van der Waals surface area contributed by atoms with E-state index in [4.69, 9.17) is 9.15 Å². The van der Waals surface area contributed by atoms with Gasteiger partial charge in [-0.15, -0.1) is 0 Å². The molecule has 1 heterocycles. The number of carbonyl (C=O) groups excluding carboxylic acids is 1. The van der Waals surface area contributed by atoms with E-state index in [1.807, 2.05) is 57.2 Å². The fourth-order valence-corrected chi connectivity index (χ4v) is 3.25. The normalized spacial score (nSPS) is 11.9. The Kier molecular flexibility index (Phi) is 5.71. The van der Waals surface area contributed by atoms with Crippen molar-refractivity contribution in [3.8, 4) is 16.9 Å². The van der Waals surface area contributed by atoms with E-state index in [9.17, 15) is 4.79 Å². The van der Waals surface area contributed by atoms with Crippen LogP contribution in [0.4, 0.5) is 0 Å². The first kappa shape index (κ1) is 19.2. The SMILES string of the molecule is COc1cc2occ(-c3ccc(Br)cc3)c2cc1/C(C)=C/C(=O)NC(C)C. The monoisotopic (exact) mass is 427 g/mol. The molecule has 0 aliphatic rings. The molecule has 3 rings (SSSR count). The Morgan fingerprint density at radius 3 is 2.56 bits per heavy atom. The summed E-state index contributed by atoms with van der Waals surface area (Å²) in [5, 5.41) is 3.85. The summed E-state index contributed by atoms with van der Waals surface area (Å²) in [6.45, 7) is 5.77. The molecule has 2 aromatic carbocycles. The molecule has 0 saturated heterocycles. The maximum Gasteiger partial charge on any atom is 0.244 e. The summed E-state index contributed by atoms with van der Waals surface area (Å²) >= 11 is 3.46. The molecule has 0 saturated carbocycles. The maximum absolute atomic E-state index is 12.1. The lowest BCUT2D eigenvalue weighted by Crippen LogP contribution is -2.28. The lowest BCUT2D eigenvalue weighted by Gasteiger charge is -2.11. The fraction of sp³-hybridized carbons (Fsp3) is 0.227. The van der Waals surface area contributed by atoms with Gasteiger partial charge >= 0.3 is 0 Å². The van der Waals surface area contributed by atoms with Crippen LogP contribution in [-0.4, -0.2) is 19.1 Å². The van der Waals surface area contributed by atoms with E-state index in [1.54, 1.807) is 19.4 Å². The molecule has 1 aromatic heterocycles. The van der Waals surface area contributed by atoms with Gasteiger partial charge in [-0.2, -0.15) is 0 Å². The van der Waals surface area contributed by atoms with Gasteiger partial charge in [0.05, 0.1) is 13.4 Å². The zero-order valence-corrected chi connectivity index (χ0v) is 17.4. The zero-order chi connectivity index (χ0) is 19.6. The molecular formula is C22H22BrNO3. The van der Waals surface area contributed by atoms with E-state index in [0.717, 1.165) is 37.7 Å². The van der Waals surface area contributed by atoms with E-state index in [2.05, 4.69) is 21.2 Å². The molecule has 140 valence electrons. The van der Waals surface area contributed by atoms with Crippen molar-refractivity contribution >= 4 is 38.4 Å². The Morgan fingerprint density at radius 2 is 1.93 bits per heavy atom. The highest BCUT2D eigenvalue weighted by Gasteiger charge is 2.15. The predicted molar refractivity (Wildman–Crippen MR) is 113 cm³/mol. The number of fused-ring (bicyclic) bond motifs is 1. The van der Waals surface area contributed by atoms with Crippen LogP contribution in [-0.2, 0) is 4.79 Å². The number of carbonyl (C=O) groups is 1. The van der Waals surface area contributed by atoms with Crippen molar-refractivity contribution in [3.05, 3.63) is 58.8 Å². The highest BCUT2D eigenvalue weighted by atomic mass is 79.9. The summed E-state index contributed by atoms with van der Waals surface area (Å²) in [7, 11) is 1.62. The molecule has 0 bridgehead atoms. The van der Waals surface area contributed by atoms with Crippen LogP contribution in [0.5, 0.6) is 5.75 Å². The second-order valence-corrected chi connectivity index (χ2v) is 7.61. The first-order valence-corrected chi connectivity index (χ1v) is 9.52. The van der Waals surface area contributed by atoms with Crippen LogP contribution >= 0.6 is 15.9 Å². The standard InChI is InChI=1S/C22H22BrNO3/c1-13(2)24-22(25)9-14(3)17-10-18-19(15-5-7-16(23)8-6-15)12-27-21(18)11-20(17)26-4/h5-13H,1-4H3,(H,24,25)/b14-9+. The van der Waals surface area contributed by atoms with E-state index < -0.39 is 0 Å². The average molecular weight is 428 g/mol. The molecule has 4 nitrogen and oxygen atoms in total. The van der Waals surface area contributed by atoms with Crippen molar-refractivity contribution < 1.29 is 13.9 Å². The summed E-state index contributed by atoms with van der Waals surface area (Å²) in [5.41, 5.74) is 4.50. The second kappa shape index (κ2) is 8.01. The molecule has 1 amide bonds. The number of methoxy groups -OCH3 is 1. The second-order valence-electron chi connectivity index (χ2n) is 6.70. The topological polar surface area (TPSA) is 51.5 Å². The van der Waals surface area contributed by atoms with E-state index in [1.165, 1.54) is 0 Å².